The Morgan fingerprint density at radius 1 is 1.41 bits per heavy atom. The minimum atomic E-state index is -0.148. The van der Waals surface area contributed by atoms with Crippen LogP contribution in [0, 0.1) is 5.41 Å². The molecular formula is C13H19N3O. The van der Waals surface area contributed by atoms with Crippen LogP contribution in [0.5, 0.6) is 0 Å². The quantitative estimate of drug-likeness (QED) is 0.603. The highest BCUT2D eigenvalue weighted by Crippen LogP contribution is 2.37. The van der Waals surface area contributed by atoms with Crippen LogP contribution < -0.4 is 11.3 Å². The first-order chi connectivity index (χ1) is 7.82. The van der Waals surface area contributed by atoms with Crippen molar-refractivity contribution in [3.63, 3.8) is 0 Å². The normalized spacial score (nSPS) is 15.9. The Kier molecular flexibility index (Phi) is 2.60. The van der Waals surface area contributed by atoms with E-state index in [1.807, 2.05) is 10.6 Å². The van der Waals surface area contributed by atoms with E-state index in [1.165, 1.54) is 0 Å². The third-order valence-electron chi connectivity index (χ3n) is 3.09. The second-order valence-electron chi connectivity index (χ2n) is 5.70. The van der Waals surface area contributed by atoms with Gasteiger partial charge in [-0.2, -0.15) is 0 Å². The van der Waals surface area contributed by atoms with Gasteiger partial charge in [-0.15, -0.1) is 0 Å². The minimum absolute atomic E-state index is 0.0724. The maximum Gasteiger partial charge on any atom is 0.262 e. The van der Waals surface area contributed by atoms with Gasteiger partial charge in [0.1, 0.15) is 5.84 Å². The topological polar surface area (TPSA) is 71.9 Å². The van der Waals surface area contributed by atoms with Crippen molar-refractivity contribution in [3.05, 3.63) is 33.7 Å². The first kappa shape index (κ1) is 11.9. The summed E-state index contributed by atoms with van der Waals surface area (Å²) >= 11 is 0. The van der Waals surface area contributed by atoms with Gasteiger partial charge in [-0.1, -0.05) is 20.8 Å². The molecular weight excluding hydrogens is 214 g/mol. The lowest BCUT2D eigenvalue weighted by Crippen LogP contribution is -2.34. The number of nitrogens with zero attached hydrogens (tertiary/aromatic N) is 1. The van der Waals surface area contributed by atoms with E-state index < -0.39 is 0 Å². The van der Waals surface area contributed by atoms with Gasteiger partial charge in [0.25, 0.3) is 5.56 Å². The van der Waals surface area contributed by atoms with Crippen LogP contribution >= 0.6 is 0 Å². The number of amidine groups is 1. The average Bonchev–Trinajstić information content (AvgIpc) is 2.98. The molecule has 3 N–H and O–H groups in total. The molecule has 1 fully saturated rings. The van der Waals surface area contributed by atoms with Crippen molar-refractivity contribution in [2.45, 2.75) is 45.1 Å². The van der Waals surface area contributed by atoms with E-state index in [-0.39, 0.29) is 16.8 Å². The Bertz CT molecular complexity index is 518. The number of rotatable bonds is 2. The summed E-state index contributed by atoms with van der Waals surface area (Å²) in [6.45, 7) is 6.27. The molecule has 0 radical (unpaired) electrons. The molecule has 0 unspecified atom stereocenters. The third kappa shape index (κ3) is 2.12. The molecule has 1 heterocycles. The fourth-order valence-corrected chi connectivity index (χ4v) is 2.06. The summed E-state index contributed by atoms with van der Waals surface area (Å²) in [5, 5.41) is 7.43. The summed E-state index contributed by atoms with van der Waals surface area (Å²) in [4.78, 5) is 12.3. The van der Waals surface area contributed by atoms with Crippen LogP contribution in [0.2, 0.25) is 0 Å². The van der Waals surface area contributed by atoms with Gasteiger partial charge >= 0.3 is 0 Å². The molecule has 0 aliphatic heterocycles. The van der Waals surface area contributed by atoms with E-state index in [2.05, 4.69) is 20.8 Å². The molecule has 1 aromatic rings. The zero-order valence-electron chi connectivity index (χ0n) is 10.6. The van der Waals surface area contributed by atoms with E-state index in [9.17, 15) is 4.79 Å². The first-order valence-corrected chi connectivity index (χ1v) is 5.93. The SMILES string of the molecule is CC(C)(C)c1ccc(C(=N)N)c(=O)n1C1CC1. The fraction of sp³-hybridized carbons (Fsp3) is 0.538. The highest BCUT2D eigenvalue weighted by Gasteiger charge is 2.31. The monoisotopic (exact) mass is 233 g/mol. The largest absolute Gasteiger partial charge is 0.384 e. The average molecular weight is 233 g/mol. The molecule has 0 spiro atoms. The van der Waals surface area contributed by atoms with Gasteiger partial charge in [0.05, 0.1) is 5.56 Å². The fourth-order valence-electron chi connectivity index (χ4n) is 2.06. The van der Waals surface area contributed by atoms with Gasteiger partial charge in [-0.05, 0) is 25.0 Å². The molecule has 0 saturated heterocycles. The van der Waals surface area contributed by atoms with E-state index in [4.69, 9.17) is 11.1 Å². The Hall–Kier alpha value is -1.58. The van der Waals surface area contributed by atoms with Gasteiger partial charge in [-0.25, -0.2) is 0 Å². The number of aromatic nitrogens is 1. The molecule has 4 heteroatoms. The second kappa shape index (κ2) is 3.72. The Balaban J connectivity index is 2.68. The molecule has 0 aromatic carbocycles. The van der Waals surface area contributed by atoms with E-state index in [0.29, 0.717) is 11.6 Å². The molecule has 17 heavy (non-hydrogen) atoms. The number of nitrogens with two attached hydrogens (primary N) is 1. The summed E-state index contributed by atoms with van der Waals surface area (Å²) in [5.41, 5.74) is 6.58. The molecule has 1 saturated carbocycles. The highest BCUT2D eigenvalue weighted by molar-refractivity contribution is 5.94. The smallest absolute Gasteiger partial charge is 0.262 e. The van der Waals surface area contributed by atoms with Crippen LogP contribution in [0.3, 0.4) is 0 Å². The molecule has 1 aromatic heterocycles. The van der Waals surface area contributed by atoms with Crippen molar-refractivity contribution in [1.82, 2.24) is 4.57 Å². The Morgan fingerprint density at radius 3 is 2.41 bits per heavy atom. The predicted molar refractivity (Wildman–Crippen MR) is 68.7 cm³/mol. The number of pyridine rings is 1. The van der Waals surface area contributed by atoms with Gasteiger partial charge in [0.15, 0.2) is 0 Å². The van der Waals surface area contributed by atoms with Gasteiger partial charge in [-0.3, -0.25) is 10.2 Å². The summed E-state index contributed by atoms with van der Waals surface area (Å²) in [6, 6.07) is 3.90. The van der Waals surface area contributed by atoms with Crippen LogP contribution in [0.1, 0.15) is 50.9 Å². The van der Waals surface area contributed by atoms with Crippen LogP contribution in [0.25, 0.3) is 0 Å². The van der Waals surface area contributed by atoms with Crippen molar-refractivity contribution in [2.75, 3.05) is 0 Å². The van der Waals surface area contributed by atoms with Crippen molar-refractivity contribution in [1.29, 1.82) is 5.41 Å². The molecule has 1 aliphatic rings. The summed E-state index contributed by atoms with van der Waals surface area (Å²) in [5.74, 6) is -0.148. The maximum atomic E-state index is 12.3. The Morgan fingerprint density at radius 2 is 2.00 bits per heavy atom. The molecule has 4 nitrogen and oxygen atoms in total. The van der Waals surface area contributed by atoms with Gasteiger partial charge in [0, 0.05) is 17.2 Å². The minimum Gasteiger partial charge on any atom is -0.384 e. The zero-order chi connectivity index (χ0) is 12.8. The zero-order valence-corrected chi connectivity index (χ0v) is 10.6. The summed E-state index contributed by atoms with van der Waals surface area (Å²) in [7, 11) is 0. The molecule has 0 bridgehead atoms. The number of hydrogen-bond acceptors (Lipinski definition) is 2. The molecule has 1 aliphatic carbocycles. The van der Waals surface area contributed by atoms with Crippen molar-refractivity contribution < 1.29 is 0 Å². The maximum absolute atomic E-state index is 12.3. The molecule has 92 valence electrons. The lowest BCUT2D eigenvalue weighted by atomic mass is 9.90. The second-order valence-corrected chi connectivity index (χ2v) is 5.70. The van der Waals surface area contributed by atoms with Crippen molar-refractivity contribution in [3.8, 4) is 0 Å². The standard InChI is InChI=1S/C13H19N3O/c1-13(2,3)10-7-6-9(11(14)15)12(17)16(10)8-4-5-8/h6-8H,4-5H2,1-3H3,(H3,14,15). The first-order valence-electron chi connectivity index (χ1n) is 5.93. The molecule has 0 amide bonds. The molecule has 0 atom stereocenters. The van der Waals surface area contributed by atoms with Crippen molar-refractivity contribution in [2.24, 2.45) is 5.73 Å². The number of nitrogens with one attached hydrogen (secondary N) is 1. The predicted octanol–water partition coefficient (Wildman–Crippen LogP) is 1.76. The number of nitrogen functional groups attached to an aromatic ring is 1. The Labute approximate surface area is 101 Å². The van der Waals surface area contributed by atoms with E-state index in [0.717, 1.165) is 18.5 Å². The lowest BCUT2D eigenvalue weighted by Gasteiger charge is -2.24. The van der Waals surface area contributed by atoms with Gasteiger partial charge < -0.3 is 10.3 Å². The summed E-state index contributed by atoms with van der Waals surface area (Å²) in [6.07, 6.45) is 2.09. The van der Waals surface area contributed by atoms with E-state index >= 15 is 0 Å². The third-order valence-corrected chi connectivity index (χ3v) is 3.09. The van der Waals surface area contributed by atoms with Gasteiger partial charge in [0.2, 0.25) is 0 Å². The number of hydrogen-bond donors (Lipinski definition) is 2. The molecule has 2 rings (SSSR count). The van der Waals surface area contributed by atoms with Crippen LogP contribution in [-0.4, -0.2) is 10.4 Å². The summed E-state index contributed by atoms with van der Waals surface area (Å²) < 4.78 is 1.83. The van der Waals surface area contributed by atoms with Crippen molar-refractivity contribution >= 4 is 5.84 Å². The van der Waals surface area contributed by atoms with E-state index in [1.54, 1.807) is 6.07 Å². The highest BCUT2D eigenvalue weighted by atomic mass is 16.1. The van der Waals surface area contributed by atoms with Crippen LogP contribution in [0.4, 0.5) is 0 Å². The lowest BCUT2D eigenvalue weighted by molar-refractivity contribution is 0.505. The van der Waals surface area contributed by atoms with Crippen LogP contribution in [-0.2, 0) is 5.41 Å². The van der Waals surface area contributed by atoms with Crippen LogP contribution in [0.15, 0.2) is 16.9 Å².